The van der Waals surface area contributed by atoms with E-state index in [1.165, 1.54) is 0 Å². The Morgan fingerprint density at radius 3 is 2.42 bits per heavy atom. The highest BCUT2D eigenvalue weighted by atomic mass is 16.6. The molecule has 0 saturated carbocycles. The van der Waals surface area contributed by atoms with Crippen LogP contribution in [-0.4, -0.2) is 36.7 Å². The van der Waals surface area contributed by atoms with Gasteiger partial charge in [-0.25, -0.2) is 9.59 Å². The second-order valence-corrected chi connectivity index (χ2v) is 6.87. The van der Waals surface area contributed by atoms with Crippen LogP contribution in [0.4, 0.5) is 9.59 Å². The number of ether oxygens (including phenoxy) is 2. The van der Waals surface area contributed by atoms with E-state index in [4.69, 9.17) is 9.47 Å². The van der Waals surface area contributed by atoms with Gasteiger partial charge in [-0.15, -0.1) is 0 Å². The van der Waals surface area contributed by atoms with Crippen molar-refractivity contribution in [1.82, 2.24) is 10.6 Å². The van der Waals surface area contributed by atoms with Crippen molar-refractivity contribution >= 4 is 18.5 Å². The standard InChI is InChI=1S/C19H28N2O5/c1-19(2,3)26-17(23)20-12-8-7-11-16(13-22)21-18(24)25-14-15-9-5-4-6-10-15/h4-6,9-10,13,16H,7-8,11-12,14H2,1-3H3,(H,20,23)(H,21,24). The van der Waals surface area contributed by atoms with E-state index in [1.807, 2.05) is 30.3 Å². The monoisotopic (exact) mass is 364 g/mol. The molecule has 2 amide bonds. The van der Waals surface area contributed by atoms with E-state index < -0.39 is 23.8 Å². The highest BCUT2D eigenvalue weighted by Gasteiger charge is 2.16. The summed E-state index contributed by atoms with van der Waals surface area (Å²) in [5, 5.41) is 5.18. The van der Waals surface area contributed by atoms with E-state index >= 15 is 0 Å². The molecule has 0 radical (unpaired) electrons. The Balaban J connectivity index is 2.17. The number of hydrogen-bond acceptors (Lipinski definition) is 5. The molecule has 0 aromatic heterocycles. The van der Waals surface area contributed by atoms with Crippen LogP contribution in [0.2, 0.25) is 0 Å². The van der Waals surface area contributed by atoms with Crippen LogP contribution in [0.3, 0.4) is 0 Å². The van der Waals surface area contributed by atoms with Gasteiger partial charge in [0.05, 0.1) is 6.04 Å². The van der Waals surface area contributed by atoms with Crippen LogP contribution in [0.25, 0.3) is 0 Å². The second kappa shape index (κ2) is 11.1. The summed E-state index contributed by atoms with van der Waals surface area (Å²) in [6.45, 7) is 5.98. The zero-order valence-electron chi connectivity index (χ0n) is 15.6. The fourth-order valence-corrected chi connectivity index (χ4v) is 2.08. The van der Waals surface area contributed by atoms with Crippen LogP contribution in [0.1, 0.15) is 45.6 Å². The molecule has 0 aliphatic carbocycles. The van der Waals surface area contributed by atoms with Crippen LogP contribution in [0.5, 0.6) is 0 Å². The summed E-state index contributed by atoms with van der Waals surface area (Å²) in [5.74, 6) is 0. The van der Waals surface area contributed by atoms with E-state index in [0.29, 0.717) is 32.1 Å². The molecule has 0 aliphatic heterocycles. The van der Waals surface area contributed by atoms with Gasteiger partial charge in [0.1, 0.15) is 18.5 Å². The summed E-state index contributed by atoms with van der Waals surface area (Å²) in [7, 11) is 0. The summed E-state index contributed by atoms with van der Waals surface area (Å²) in [6.07, 6.45) is 1.40. The number of aldehydes is 1. The average molecular weight is 364 g/mol. The van der Waals surface area contributed by atoms with Gasteiger partial charge < -0.3 is 24.9 Å². The molecule has 0 saturated heterocycles. The van der Waals surface area contributed by atoms with E-state index in [-0.39, 0.29) is 6.61 Å². The number of carbonyl (C=O) groups excluding carboxylic acids is 3. The van der Waals surface area contributed by atoms with E-state index in [9.17, 15) is 14.4 Å². The van der Waals surface area contributed by atoms with Crippen LogP contribution in [0.15, 0.2) is 30.3 Å². The molecular formula is C19H28N2O5. The molecule has 0 aliphatic rings. The zero-order chi connectivity index (χ0) is 19.4. The minimum absolute atomic E-state index is 0.151. The second-order valence-electron chi connectivity index (χ2n) is 6.87. The number of benzene rings is 1. The molecular weight excluding hydrogens is 336 g/mol. The SMILES string of the molecule is CC(C)(C)OC(=O)NCCCCC(C=O)NC(=O)OCc1ccccc1. The number of hydrogen-bond donors (Lipinski definition) is 2. The maximum atomic E-state index is 11.7. The first kappa shape index (κ1) is 21.5. The van der Waals surface area contributed by atoms with Crippen molar-refractivity contribution in [3.05, 3.63) is 35.9 Å². The van der Waals surface area contributed by atoms with Gasteiger partial charge in [-0.3, -0.25) is 0 Å². The number of alkyl carbamates (subject to hydrolysis) is 2. The van der Waals surface area contributed by atoms with Crippen molar-refractivity contribution in [2.75, 3.05) is 6.54 Å². The van der Waals surface area contributed by atoms with Gasteiger partial charge in [0.2, 0.25) is 0 Å². The number of unbranched alkanes of at least 4 members (excludes halogenated alkanes) is 1. The molecule has 1 atom stereocenters. The molecule has 1 aromatic rings. The fraction of sp³-hybridized carbons (Fsp3) is 0.526. The van der Waals surface area contributed by atoms with Crippen LogP contribution in [-0.2, 0) is 20.9 Å². The predicted octanol–water partition coefficient (Wildman–Crippen LogP) is 3.18. The van der Waals surface area contributed by atoms with Gasteiger partial charge in [-0.05, 0) is 45.6 Å². The lowest BCUT2D eigenvalue weighted by Gasteiger charge is -2.19. The van der Waals surface area contributed by atoms with Crippen LogP contribution < -0.4 is 10.6 Å². The molecule has 144 valence electrons. The van der Waals surface area contributed by atoms with Crippen LogP contribution in [0, 0.1) is 0 Å². The maximum absolute atomic E-state index is 11.7. The van der Waals surface area contributed by atoms with Gasteiger partial charge in [0.15, 0.2) is 0 Å². The Hall–Kier alpha value is -2.57. The zero-order valence-corrected chi connectivity index (χ0v) is 15.6. The number of carbonyl (C=O) groups is 3. The molecule has 7 nitrogen and oxygen atoms in total. The molecule has 0 fully saturated rings. The molecule has 26 heavy (non-hydrogen) atoms. The maximum Gasteiger partial charge on any atom is 0.408 e. The molecule has 0 heterocycles. The lowest BCUT2D eigenvalue weighted by molar-refractivity contribution is -0.109. The smallest absolute Gasteiger partial charge is 0.408 e. The molecule has 1 rings (SSSR count). The third kappa shape index (κ3) is 10.3. The molecule has 0 bridgehead atoms. The van der Waals surface area contributed by atoms with Crippen LogP contribution >= 0.6 is 0 Å². The Kier molecular flexibility index (Phi) is 9.19. The van der Waals surface area contributed by atoms with Crippen molar-refractivity contribution in [2.24, 2.45) is 0 Å². The molecule has 0 spiro atoms. The Bertz CT molecular complexity index is 569. The van der Waals surface area contributed by atoms with Crippen molar-refractivity contribution in [1.29, 1.82) is 0 Å². The van der Waals surface area contributed by atoms with E-state index in [2.05, 4.69) is 10.6 Å². The van der Waals surface area contributed by atoms with E-state index in [0.717, 1.165) is 5.56 Å². The average Bonchev–Trinajstić information content (AvgIpc) is 2.58. The third-order valence-corrected chi connectivity index (χ3v) is 3.29. The third-order valence-electron chi connectivity index (χ3n) is 3.29. The summed E-state index contributed by atoms with van der Waals surface area (Å²) < 4.78 is 10.2. The highest BCUT2D eigenvalue weighted by molar-refractivity contribution is 5.73. The van der Waals surface area contributed by atoms with Gasteiger partial charge in [-0.2, -0.15) is 0 Å². The highest BCUT2D eigenvalue weighted by Crippen LogP contribution is 2.07. The van der Waals surface area contributed by atoms with Gasteiger partial charge in [0, 0.05) is 6.54 Å². The lowest BCUT2D eigenvalue weighted by Crippen LogP contribution is -2.36. The van der Waals surface area contributed by atoms with Gasteiger partial charge >= 0.3 is 12.2 Å². The number of rotatable bonds is 9. The Morgan fingerprint density at radius 2 is 1.81 bits per heavy atom. The minimum Gasteiger partial charge on any atom is -0.445 e. The van der Waals surface area contributed by atoms with Crippen molar-refractivity contribution in [3.8, 4) is 0 Å². The van der Waals surface area contributed by atoms with Gasteiger partial charge in [0.25, 0.3) is 0 Å². The van der Waals surface area contributed by atoms with E-state index in [1.54, 1.807) is 20.8 Å². The summed E-state index contributed by atoms with van der Waals surface area (Å²) in [5.41, 5.74) is 0.343. The molecule has 2 N–H and O–H groups in total. The molecule has 1 aromatic carbocycles. The molecule has 7 heteroatoms. The van der Waals surface area contributed by atoms with Crippen molar-refractivity contribution in [2.45, 2.75) is 58.3 Å². The quantitative estimate of drug-likeness (QED) is 0.518. The Labute approximate surface area is 154 Å². The number of amides is 2. The summed E-state index contributed by atoms with van der Waals surface area (Å²) >= 11 is 0. The predicted molar refractivity (Wildman–Crippen MR) is 97.7 cm³/mol. The van der Waals surface area contributed by atoms with Crippen molar-refractivity contribution in [3.63, 3.8) is 0 Å². The molecule has 1 unspecified atom stereocenters. The largest absolute Gasteiger partial charge is 0.445 e. The Morgan fingerprint density at radius 1 is 1.12 bits per heavy atom. The lowest BCUT2D eigenvalue weighted by atomic mass is 10.1. The normalized spacial score (nSPS) is 12.0. The first-order valence-corrected chi connectivity index (χ1v) is 8.69. The van der Waals surface area contributed by atoms with Gasteiger partial charge in [-0.1, -0.05) is 30.3 Å². The minimum atomic E-state index is -0.627. The first-order chi connectivity index (χ1) is 12.3. The summed E-state index contributed by atoms with van der Waals surface area (Å²) in [6, 6.07) is 8.68. The summed E-state index contributed by atoms with van der Waals surface area (Å²) in [4.78, 5) is 34.3. The topological polar surface area (TPSA) is 93.7 Å². The van der Waals surface area contributed by atoms with Crippen molar-refractivity contribution < 1.29 is 23.9 Å². The fourth-order valence-electron chi connectivity index (χ4n) is 2.08. The first-order valence-electron chi connectivity index (χ1n) is 8.69. The number of nitrogens with one attached hydrogen (secondary N) is 2.